The van der Waals surface area contributed by atoms with E-state index in [1.165, 1.54) is 19.8 Å². The number of ether oxygens (including phenoxy) is 2. The number of aromatic nitrogens is 4. The summed E-state index contributed by atoms with van der Waals surface area (Å²) in [6.07, 6.45) is 1.17. The minimum Gasteiger partial charge on any atom is -0.382 e. The quantitative estimate of drug-likeness (QED) is 0.755. The zero-order valence-electron chi connectivity index (χ0n) is 12.6. The number of anilines is 1. The van der Waals surface area contributed by atoms with Gasteiger partial charge in [-0.15, -0.1) is 9.42 Å². The van der Waals surface area contributed by atoms with Crippen LogP contribution in [-0.4, -0.2) is 49.8 Å². The molecule has 0 radical (unpaired) electrons. The van der Waals surface area contributed by atoms with E-state index in [-0.39, 0.29) is 5.82 Å². The van der Waals surface area contributed by atoms with E-state index in [1.54, 1.807) is 4.57 Å². The molecule has 0 aliphatic carbocycles. The van der Waals surface area contributed by atoms with Gasteiger partial charge >= 0.3 is 8.25 Å². The predicted molar refractivity (Wildman–Crippen MR) is 79.4 cm³/mol. The third-order valence-corrected chi connectivity index (χ3v) is 4.26. The molecule has 0 saturated carbocycles. The Balaban J connectivity index is 2.00. The van der Waals surface area contributed by atoms with Crippen molar-refractivity contribution in [2.75, 3.05) is 12.8 Å². The Morgan fingerprint density at radius 1 is 1.43 bits per heavy atom. The Kier molecular flexibility index (Phi) is 4.51. The molecule has 1 saturated heterocycles. The molecule has 0 bridgehead atoms. The van der Waals surface area contributed by atoms with Crippen molar-refractivity contribution in [3.05, 3.63) is 12.7 Å². The number of methoxy groups -OCH3 is 1. The number of nitrogens with two attached hydrogens (primary N) is 1. The van der Waals surface area contributed by atoms with E-state index < -0.39 is 32.8 Å². The monoisotopic (exact) mass is 342 g/mol. The van der Waals surface area contributed by atoms with Gasteiger partial charge in [0.1, 0.15) is 17.9 Å². The summed E-state index contributed by atoms with van der Waals surface area (Å²) in [4.78, 5) is 21.4. The van der Waals surface area contributed by atoms with Crippen LogP contribution in [0.3, 0.4) is 0 Å². The topological polar surface area (TPSA) is 135 Å². The van der Waals surface area contributed by atoms with Gasteiger partial charge < -0.3 is 15.2 Å². The lowest BCUT2D eigenvalue weighted by molar-refractivity contribution is -0.0492. The summed E-state index contributed by atoms with van der Waals surface area (Å²) in [5.74, 6) is 0.263. The smallest absolute Gasteiger partial charge is 0.382 e. The summed E-state index contributed by atoms with van der Waals surface area (Å²) in [7, 11) is -1.28. The first-order chi connectivity index (χ1) is 11.1. The maximum Gasteiger partial charge on any atom is 0.695 e. The van der Waals surface area contributed by atoms with Crippen LogP contribution in [0, 0.1) is 0 Å². The van der Waals surface area contributed by atoms with Crippen molar-refractivity contribution in [3.63, 3.8) is 0 Å². The zero-order valence-corrected chi connectivity index (χ0v) is 13.5. The molecule has 0 spiro atoms. The van der Waals surface area contributed by atoms with Crippen LogP contribution in [0.25, 0.3) is 11.2 Å². The van der Waals surface area contributed by atoms with E-state index in [9.17, 15) is 4.57 Å². The Morgan fingerprint density at radius 2 is 2.22 bits per heavy atom. The normalized spacial score (nSPS) is 28.4. The van der Waals surface area contributed by atoms with Crippen molar-refractivity contribution in [2.45, 2.75) is 37.9 Å². The molecule has 2 aromatic heterocycles. The number of nitrogens with zero attached hydrogens (tertiary/aromatic N) is 4. The van der Waals surface area contributed by atoms with Crippen LogP contribution in [-0.2, 0) is 18.6 Å². The SMILES string of the molecule is CC[C@H]1O[C@@H](n2cnc3c(N)ncnc32)[C@@H](OC)C1O[P+](=O)O. The van der Waals surface area contributed by atoms with Crippen molar-refractivity contribution in [2.24, 2.45) is 0 Å². The lowest BCUT2D eigenvalue weighted by Crippen LogP contribution is -2.34. The first kappa shape index (κ1) is 16.2. The predicted octanol–water partition coefficient (Wildman–Crippen LogP) is 0.766. The van der Waals surface area contributed by atoms with Crippen molar-refractivity contribution in [1.82, 2.24) is 19.5 Å². The van der Waals surface area contributed by atoms with Crippen molar-refractivity contribution >= 4 is 25.2 Å². The number of hydrogen-bond donors (Lipinski definition) is 2. The van der Waals surface area contributed by atoms with Crippen LogP contribution in [0.15, 0.2) is 12.7 Å². The van der Waals surface area contributed by atoms with Gasteiger partial charge in [0, 0.05) is 11.7 Å². The molecule has 5 atom stereocenters. The van der Waals surface area contributed by atoms with Crippen LogP contribution < -0.4 is 5.73 Å². The van der Waals surface area contributed by atoms with E-state index in [0.717, 1.165) is 0 Å². The van der Waals surface area contributed by atoms with Crippen molar-refractivity contribution in [1.29, 1.82) is 0 Å². The second-order valence-electron chi connectivity index (χ2n) is 5.06. The van der Waals surface area contributed by atoms with Gasteiger partial charge in [0.15, 0.2) is 23.8 Å². The molecule has 2 aromatic rings. The Bertz CT molecular complexity index is 725. The first-order valence-corrected chi connectivity index (χ1v) is 8.14. The summed E-state index contributed by atoms with van der Waals surface area (Å²) in [6.45, 7) is 1.90. The average molecular weight is 342 g/mol. The first-order valence-electron chi connectivity index (χ1n) is 7.01. The molecule has 124 valence electrons. The van der Waals surface area contributed by atoms with Crippen LogP contribution >= 0.6 is 8.25 Å². The molecule has 0 aromatic carbocycles. The highest BCUT2D eigenvalue weighted by Crippen LogP contribution is 2.39. The van der Waals surface area contributed by atoms with Crippen LogP contribution in [0.4, 0.5) is 5.82 Å². The molecular formula is C12H17N5O5P+. The highest BCUT2D eigenvalue weighted by molar-refractivity contribution is 7.32. The third-order valence-electron chi connectivity index (χ3n) is 3.83. The molecule has 2 unspecified atom stereocenters. The Hall–Kier alpha value is -1.71. The number of hydrogen-bond acceptors (Lipinski definition) is 8. The minimum atomic E-state index is -2.77. The molecule has 10 nitrogen and oxygen atoms in total. The van der Waals surface area contributed by atoms with Crippen LogP contribution in [0.1, 0.15) is 19.6 Å². The highest BCUT2D eigenvalue weighted by Gasteiger charge is 2.50. The van der Waals surface area contributed by atoms with Gasteiger partial charge in [0.2, 0.25) is 0 Å². The Labute approximate surface area is 132 Å². The lowest BCUT2D eigenvalue weighted by atomic mass is 10.1. The Morgan fingerprint density at radius 3 is 2.87 bits per heavy atom. The van der Waals surface area contributed by atoms with Crippen molar-refractivity contribution < 1.29 is 23.5 Å². The standard InChI is InChI=1S/C12H16N5O5P/c1-3-6-8(22-23(18)19)9(20-2)12(21-6)17-5-16-7-10(13)14-4-15-11(7)17/h4-6,8-9,12H,3H2,1-2H3,(H2-,13,14,15,18,19)/p+1/t6-,8?,9+,12-/m1/s1. The molecule has 3 rings (SSSR count). The largest absolute Gasteiger partial charge is 0.695 e. The highest BCUT2D eigenvalue weighted by atomic mass is 31.1. The molecule has 3 heterocycles. The van der Waals surface area contributed by atoms with Gasteiger partial charge in [-0.2, -0.15) is 0 Å². The van der Waals surface area contributed by atoms with E-state index in [0.29, 0.717) is 17.6 Å². The summed E-state index contributed by atoms with van der Waals surface area (Å²) in [5.41, 5.74) is 6.74. The zero-order chi connectivity index (χ0) is 16.6. The molecule has 11 heteroatoms. The van der Waals surface area contributed by atoms with Gasteiger partial charge in [-0.05, 0) is 6.42 Å². The number of rotatable bonds is 5. The van der Waals surface area contributed by atoms with E-state index in [4.69, 9.17) is 24.6 Å². The summed E-state index contributed by atoms with van der Waals surface area (Å²) in [6, 6.07) is 0. The van der Waals surface area contributed by atoms with Gasteiger partial charge in [-0.25, -0.2) is 15.0 Å². The van der Waals surface area contributed by atoms with E-state index in [2.05, 4.69) is 15.0 Å². The molecule has 1 aliphatic rings. The van der Waals surface area contributed by atoms with Crippen molar-refractivity contribution in [3.8, 4) is 0 Å². The fourth-order valence-electron chi connectivity index (χ4n) is 2.80. The fourth-order valence-corrected chi connectivity index (χ4v) is 3.26. The van der Waals surface area contributed by atoms with Crippen LogP contribution in [0.2, 0.25) is 0 Å². The van der Waals surface area contributed by atoms with Crippen LogP contribution in [0.5, 0.6) is 0 Å². The minimum absolute atomic E-state index is 0.263. The van der Waals surface area contributed by atoms with Gasteiger partial charge in [0.05, 0.1) is 12.4 Å². The second-order valence-corrected chi connectivity index (χ2v) is 5.75. The number of nitrogen functional groups attached to an aromatic ring is 1. The molecule has 3 N–H and O–H groups in total. The van der Waals surface area contributed by atoms with Gasteiger partial charge in [-0.3, -0.25) is 4.57 Å². The summed E-state index contributed by atoms with van der Waals surface area (Å²) in [5, 5.41) is 0. The van der Waals surface area contributed by atoms with Gasteiger partial charge in [0.25, 0.3) is 0 Å². The number of imidazole rings is 1. The van der Waals surface area contributed by atoms with E-state index in [1.807, 2.05) is 6.92 Å². The molecule has 0 amide bonds. The molecule has 1 fully saturated rings. The second kappa shape index (κ2) is 6.42. The third kappa shape index (κ3) is 2.79. The fraction of sp³-hybridized carbons (Fsp3) is 0.583. The number of fused-ring (bicyclic) bond motifs is 1. The maximum absolute atomic E-state index is 11.1. The maximum atomic E-state index is 11.1. The molecule has 1 aliphatic heterocycles. The van der Waals surface area contributed by atoms with E-state index >= 15 is 0 Å². The molecule has 23 heavy (non-hydrogen) atoms. The molecular weight excluding hydrogens is 325 g/mol. The summed E-state index contributed by atoms with van der Waals surface area (Å²) < 4.78 is 29.3. The average Bonchev–Trinajstić information content (AvgIpc) is 3.08. The van der Waals surface area contributed by atoms with Gasteiger partial charge in [-0.1, -0.05) is 6.92 Å². The lowest BCUT2D eigenvalue weighted by Gasteiger charge is -2.19. The summed E-state index contributed by atoms with van der Waals surface area (Å²) >= 11 is 0.